The molecule has 0 atom stereocenters. The standard InChI is InChI=1S/C19H21ClN2O3S/c1-2-15-7-3-4-9-17(15)25-11-18(23)21-22-19(24)13-26-12-14-6-5-8-16(20)10-14/h3-10H,2,11-13H2,1H3,(H,21,23)(H,22,24). The van der Waals surface area contributed by atoms with E-state index in [9.17, 15) is 9.59 Å². The van der Waals surface area contributed by atoms with Crippen LogP contribution in [0.15, 0.2) is 48.5 Å². The van der Waals surface area contributed by atoms with Gasteiger partial charge in [0.1, 0.15) is 5.75 Å². The second kappa shape index (κ2) is 10.7. The number of carbonyl (C=O) groups is 2. The molecule has 0 heterocycles. The number of rotatable bonds is 8. The highest BCUT2D eigenvalue weighted by molar-refractivity contribution is 7.99. The Hall–Kier alpha value is -2.18. The van der Waals surface area contributed by atoms with Crippen LogP contribution in [-0.4, -0.2) is 24.2 Å². The van der Waals surface area contributed by atoms with E-state index in [-0.39, 0.29) is 18.3 Å². The van der Waals surface area contributed by atoms with Gasteiger partial charge in [-0.3, -0.25) is 20.4 Å². The maximum atomic E-state index is 11.8. The minimum Gasteiger partial charge on any atom is -0.483 e. The molecule has 2 aromatic carbocycles. The average Bonchev–Trinajstić information content (AvgIpc) is 2.65. The Labute approximate surface area is 162 Å². The van der Waals surface area contributed by atoms with Crippen LogP contribution >= 0.6 is 23.4 Å². The molecule has 2 amide bonds. The molecule has 5 nitrogen and oxygen atoms in total. The summed E-state index contributed by atoms with van der Waals surface area (Å²) >= 11 is 7.35. The molecular formula is C19H21ClN2O3S. The number of hydrogen-bond acceptors (Lipinski definition) is 4. The lowest BCUT2D eigenvalue weighted by Gasteiger charge is -2.11. The van der Waals surface area contributed by atoms with Crippen LogP contribution in [0.25, 0.3) is 0 Å². The van der Waals surface area contributed by atoms with Gasteiger partial charge in [-0.2, -0.15) is 0 Å². The predicted octanol–water partition coefficient (Wildman–Crippen LogP) is 3.36. The number of ether oxygens (including phenoxy) is 1. The third kappa shape index (κ3) is 6.98. The van der Waals surface area contributed by atoms with Crippen molar-refractivity contribution in [2.75, 3.05) is 12.4 Å². The molecule has 0 aromatic heterocycles. The first-order chi connectivity index (χ1) is 12.6. The molecule has 2 rings (SSSR count). The van der Waals surface area contributed by atoms with E-state index in [1.807, 2.05) is 49.4 Å². The van der Waals surface area contributed by atoms with Gasteiger partial charge in [0.05, 0.1) is 5.75 Å². The van der Waals surface area contributed by atoms with Crippen LogP contribution in [0.2, 0.25) is 5.02 Å². The number of para-hydroxylation sites is 1. The Morgan fingerprint density at radius 1 is 1.08 bits per heavy atom. The fourth-order valence-electron chi connectivity index (χ4n) is 2.18. The summed E-state index contributed by atoms with van der Waals surface area (Å²) in [6, 6.07) is 15.0. The summed E-state index contributed by atoms with van der Waals surface area (Å²) in [5.74, 6) is 0.877. The van der Waals surface area contributed by atoms with Gasteiger partial charge < -0.3 is 4.74 Å². The van der Waals surface area contributed by atoms with E-state index in [2.05, 4.69) is 10.9 Å². The highest BCUT2D eigenvalue weighted by atomic mass is 35.5. The Balaban J connectivity index is 1.64. The van der Waals surface area contributed by atoms with E-state index >= 15 is 0 Å². The van der Waals surface area contributed by atoms with Gasteiger partial charge in [0.15, 0.2) is 6.61 Å². The molecule has 7 heteroatoms. The maximum absolute atomic E-state index is 11.8. The second-order valence-corrected chi connectivity index (χ2v) is 6.89. The molecule has 0 saturated heterocycles. The van der Waals surface area contributed by atoms with Crippen molar-refractivity contribution in [2.24, 2.45) is 0 Å². The zero-order valence-corrected chi connectivity index (χ0v) is 16.0. The highest BCUT2D eigenvalue weighted by Crippen LogP contribution is 2.18. The average molecular weight is 393 g/mol. The van der Waals surface area contributed by atoms with Gasteiger partial charge in [0, 0.05) is 10.8 Å². The number of aryl methyl sites for hydroxylation is 1. The maximum Gasteiger partial charge on any atom is 0.276 e. The van der Waals surface area contributed by atoms with E-state index in [4.69, 9.17) is 16.3 Å². The van der Waals surface area contributed by atoms with Crippen molar-refractivity contribution in [3.8, 4) is 5.75 Å². The largest absolute Gasteiger partial charge is 0.483 e. The van der Waals surface area contributed by atoms with Gasteiger partial charge in [-0.15, -0.1) is 11.8 Å². The summed E-state index contributed by atoms with van der Waals surface area (Å²) in [6.07, 6.45) is 0.818. The smallest absolute Gasteiger partial charge is 0.276 e. The van der Waals surface area contributed by atoms with Crippen LogP contribution in [0.5, 0.6) is 5.75 Å². The molecule has 2 aromatic rings. The van der Waals surface area contributed by atoms with Crippen LogP contribution in [0.3, 0.4) is 0 Å². The van der Waals surface area contributed by atoms with Gasteiger partial charge >= 0.3 is 0 Å². The number of amides is 2. The minimum absolute atomic E-state index is 0.160. The van der Waals surface area contributed by atoms with Crippen molar-refractivity contribution in [3.63, 3.8) is 0 Å². The first-order valence-electron chi connectivity index (χ1n) is 8.19. The topological polar surface area (TPSA) is 67.4 Å². The molecule has 0 aliphatic rings. The van der Waals surface area contributed by atoms with Crippen LogP contribution in [-0.2, 0) is 21.8 Å². The highest BCUT2D eigenvalue weighted by Gasteiger charge is 2.07. The molecule has 0 saturated carbocycles. The lowest BCUT2D eigenvalue weighted by atomic mass is 10.1. The quantitative estimate of drug-likeness (QED) is 0.676. The number of halogens is 1. The first kappa shape index (κ1) is 20.1. The van der Waals surface area contributed by atoms with Crippen molar-refractivity contribution in [1.29, 1.82) is 0 Å². The van der Waals surface area contributed by atoms with Gasteiger partial charge in [-0.25, -0.2) is 0 Å². The Kier molecular flexibility index (Phi) is 8.31. The normalized spacial score (nSPS) is 10.2. The number of benzene rings is 2. The molecular weight excluding hydrogens is 372 g/mol. The zero-order valence-electron chi connectivity index (χ0n) is 14.5. The molecule has 2 N–H and O–H groups in total. The number of carbonyl (C=O) groups excluding carboxylic acids is 2. The van der Waals surface area contributed by atoms with E-state index < -0.39 is 5.91 Å². The second-order valence-electron chi connectivity index (χ2n) is 5.47. The zero-order chi connectivity index (χ0) is 18.8. The molecule has 0 fully saturated rings. The van der Waals surface area contributed by atoms with E-state index in [1.54, 1.807) is 6.07 Å². The lowest BCUT2D eigenvalue weighted by molar-refractivity contribution is -0.128. The number of thioether (sulfide) groups is 1. The van der Waals surface area contributed by atoms with Crippen LogP contribution in [0.4, 0.5) is 0 Å². The third-order valence-electron chi connectivity index (χ3n) is 3.44. The molecule has 26 heavy (non-hydrogen) atoms. The monoisotopic (exact) mass is 392 g/mol. The van der Waals surface area contributed by atoms with Crippen molar-refractivity contribution in [3.05, 3.63) is 64.7 Å². The first-order valence-corrected chi connectivity index (χ1v) is 9.72. The summed E-state index contributed by atoms with van der Waals surface area (Å²) in [5.41, 5.74) is 6.80. The molecule has 0 unspecified atom stereocenters. The van der Waals surface area contributed by atoms with E-state index in [1.165, 1.54) is 11.8 Å². The molecule has 138 valence electrons. The molecule has 0 aliphatic heterocycles. The lowest BCUT2D eigenvalue weighted by Crippen LogP contribution is -2.44. The summed E-state index contributed by atoms with van der Waals surface area (Å²) in [6.45, 7) is 1.86. The number of hydrazine groups is 1. The Morgan fingerprint density at radius 2 is 1.85 bits per heavy atom. The molecule has 0 aliphatic carbocycles. The van der Waals surface area contributed by atoms with Gasteiger partial charge in [0.2, 0.25) is 5.91 Å². The van der Waals surface area contributed by atoms with Crippen LogP contribution in [0.1, 0.15) is 18.1 Å². The number of hydrogen-bond donors (Lipinski definition) is 2. The van der Waals surface area contributed by atoms with Crippen LogP contribution in [0, 0.1) is 0 Å². The van der Waals surface area contributed by atoms with Gasteiger partial charge in [-0.05, 0) is 35.7 Å². The van der Waals surface area contributed by atoms with Crippen LogP contribution < -0.4 is 15.6 Å². The summed E-state index contributed by atoms with van der Waals surface area (Å²) in [7, 11) is 0. The van der Waals surface area contributed by atoms with Gasteiger partial charge in [0.25, 0.3) is 5.91 Å². The van der Waals surface area contributed by atoms with E-state index in [0.29, 0.717) is 16.5 Å². The van der Waals surface area contributed by atoms with E-state index in [0.717, 1.165) is 17.5 Å². The summed E-state index contributed by atoms with van der Waals surface area (Å²) in [5, 5.41) is 0.671. The predicted molar refractivity (Wildman–Crippen MR) is 105 cm³/mol. The van der Waals surface area contributed by atoms with Crippen molar-refractivity contribution < 1.29 is 14.3 Å². The van der Waals surface area contributed by atoms with Gasteiger partial charge in [-0.1, -0.05) is 48.9 Å². The molecule has 0 bridgehead atoms. The third-order valence-corrected chi connectivity index (χ3v) is 4.68. The Morgan fingerprint density at radius 3 is 2.62 bits per heavy atom. The SMILES string of the molecule is CCc1ccccc1OCC(=O)NNC(=O)CSCc1cccc(Cl)c1. The molecule has 0 radical (unpaired) electrons. The van der Waals surface area contributed by atoms with Crippen molar-refractivity contribution in [1.82, 2.24) is 10.9 Å². The number of nitrogens with one attached hydrogen (secondary N) is 2. The van der Waals surface area contributed by atoms with Crippen molar-refractivity contribution in [2.45, 2.75) is 19.1 Å². The summed E-state index contributed by atoms with van der Waals surface area (Å²) in [4.78, 5) is 23.5. The van der Waals surface area contributed by atoms with Crippen molar-refractivity contribution >= 4 is 35.2 Å². The molecule has 0 spiro atoms. The fraction of sp³-hybridized carbons (Fsp3) is 0.263. The fourth-order valence-corrected chi connectivity index (χ4v) is 3.17. The minimum atomic E-state index is -0.413. The summed E-state index contributed by atoms with van der Waals surface area (Å²) < 4.78 is 5.49. The Bertz CT molecular complexity index is 755.